The molecule has 4 heteroatoms. The van der Waals surface area contributed by atoms with Gasteiger partial charge in [-0.3, -0.25) is 9.48 Å². The molecule has 1 aromatic rings. The van der Waals surface area contributed by atoms with Gasteiger partial charge in [0.2, 0.25) is 0 Å². The first-order chi connectivity index (χ1) is 4.74. The Labute approximate surface area is 58.2 Å². The molecule has 0 saturated carbocycles. The Morgan fingerprint density at radius 3 is 3.00 bits per heavy atom. The van der Waals surface area contributed by atoms with E-state index in [1.807, 2.05) is 0 Å². The zero-order valence-corrected chi connectivity index (χ0v) is 5.61. The van der Waals surface area contributed by atoms with Crippen LogP contribution in [0.4, 0.5) is 0 Å². The van der Waals surface area contributed by atoms with Gasteiger partial charge >= 0.3 is 0 Å². The molecule has 0 aliphatic heterocycles. The van der Waals surface area contributed by atoms with E-state index < -0.39 is 0 Å². The molecular formula is C6H7N3O. The predicted octanol–water partition coefficient (Wildman–Crippen LogP) is 0.261. The van der Waals surface area contributed by atoms with Crippen LogP contribution < -0.4 is 0 Å². The molecule has 1 heterocycles. The van der Waals surface area contributed by atoms with Crippen molar-refractivity contribution in [3.05, 3.63) is 18.0 Å². The molecule has 1 aromatic heterocycles. The number of carbonyl (C=O) groups excluding carboxylic acids is 1. The lowest BCUT2D eigenvalue weighted by Gasteiger charge is -1.84. The molecule has 0 bridgehead atoms. The molecule has 52 valence electrons. The summed E-state index contributed by atoms with van der Waals surface area (Å²) in [6.07, 6.45) is 1.68. The molecule has 1 amide bonds. The fourth-order valence-corrected chi connectivity index (χ4v) is 0.610. The SMILES string of the molecule is C=NC(=O)c1ccn(C)n1. The van der Waals surface area contributed by atoms with Gasteiger partial charge in [-0.1, -0.05) is 0 Å². The van der Waals surface area contributed by atoms with Crippen LogP contribution in [0.3, 0.4) is 0 Å². The smallest absolute Gasteiger partial charge is 0.275 e. The number of aromatic nitrogens is 2. The van der Waals surface area contributed by atoms with E-state index in [1.165, 1.54) is 0 Å². The number of aliphatic imine (C=N–C) groups is 1. The summed E-state index contributed by atoms with van der Waals surface area (Å²) in [5.41, 5.74) is 0.331. The molecule has 0 atom stereocenters. The van der Waals surface area contributed by atoms with Gasteiger partial charge in [-0.05, 0) is 12.8 Å². The van der Waals surface area contributed by atoms with Crippen molar-refractivity contribution in [2.75, 3.05) is 0 Å². The lowest BCUT2D eigenvalue weighted by Crippen LogP contribution is -1.96. The van der Waals surface area contributed by atoms with E-state index >= 15 is 0 Å². The minimum Gasteiger partial charge on any atom is -0.275 e. The summed E-state index contributed by atoms with van der Waals surface area (Å²) in [7, 11) is 1.74. The normalized spacial score (nSPS) is 9.30. The van der Waals surface area contributed by atoms with Gasteiger partial charge in [-0.15, -0.1) is 0 Å². The number of nitrogens with zero attached hydrogens (tertiary/aromatic N) is 3. The first-order valence-corrected chi connectivity index (χ1v) is 2.74. The maximum atomic E-state index is 10.7. The van der Waals surface area contributed by atoms with E-state index in [2.05, 4.69) is 16.8 Å². The highest BCUT2D eigenvalue weighted by Gasteiger charge is 2.03. The number of aryl methyl sites for hydroxylation is 1. The number of amides is 1. The Hall–Kier alpha value is -1.45. The summed E-state index contributed by atoms with van der Waals surface area (Å²) in [5.74, 6) is -0.388. The summed E-state index contributed by atoms with van der Waals surface area (Å²) < 4.78 is 1.54. The van der Waals surface area contributed by atoms with E-state index in [9.17, 15) is 4.79 Å². The van der Waals surface area contributed by atoms with Crippen molar-refractivity contribution in [3.63, 3.8) is 0 Å². The molecule has 0 radical (unpaired) electrons. The second-order valence-corrected chi connectivity index (χ2v) is 1.84. The minimum atomic E-state index is -0.388. The number of rotatable bonds is 1. The fraction of sp³-hybridized carbons (Fsp3) is 0.167. The number of carbonyl (C=O) groups is 1. The zero-order valence-electron chi connectivity index (χ0n) is 5.61. The highest BCUT2D eigenvalue weighted by atomic mass is 16.1. The van der Waals surface area contributed by atoms with E-state index in [0.29, 0.717) is 5.69 Å². The molecule has 0 N–H and O–H groups in total. The van der Waals surface area contributed by atoms with Crippen LogP contribution in [0.1, 0.15) is 10.5 Å². The van der Waals surface area contributed by atoms with Gasteiger partial charge in [0.05, 0.1) is 0 Å². The van der Waals surface area contributed by atoms with Crippen molar-refractivity contribution in [2.24, 2.45) is 12.0 Å². The predicted molar refractivity (Wildman–Crippen MR) is 37.1 cm³/mol. The maximum absolute atomic E-state index is 10.7. The third-order valence-electron chi connectivity index (χ3n) is 1.08. The minimum absolute atomic E-state index is 0.331. The highest BCUT2D eigenvalue weighted by molar-refractivity contribution is 5.95. The van der Waals surface area contributed by atoms with Crippen LogP contribution in [0.25, 0.3) is 0 Å². The Morgan fingerprint density at radius 2 is 2.60 bits per heavy atom. The van der Waals surface area contributed by atoms with E-state index in [4.69, 9.17) is 0 Å². The van der Waals surface area contributed by atoms with Crippen LogP contribution in [0, 0.1) is 0 Å². The third kappa shape index (κ3) is 1.10. The van der Waals surface area contributed by atoms with Crippen molar-refractivity contribution >= 4 is 12.6 Å². The second kappa shape index (κ2) is 2.43. The van der Waals surface area contributed by atoms with Gasteiger partial charge in [0.25, 0.3) is 5.91 Å². The molecule has 0 aliphatic rings. The Bertz CT molecular complexity index is 264. The topological polar surface area (TPSA) is 47.2 Å². The van der Waals surface area contributed by atoms with Gasteiger partial charge in [-0.25, -0.2) is 4.99 Å². The molecule has 4 nitrogen and oxygen atoms in total. The van der Waals surface area contributed by atoms with Crippen LogP contribution >= 0.6 is 0 Å². The lowest BCUT2D eigenvalue weighted by molar-refractivity contribution is 0.0998. The molecule has 0 aromatic carbocycles. The molecule has 0 spiro atoms. The van der Waals surface area contributed by atoms with Crippen LogP contribution in [-0.4, -0.2) is 22.4 Å². The molecular weight excluding hydrogens is 130 g/mol. The summed E-state index contributed by atoms with van der Waals surface area (Å²) in [6.45, 7) is 3.10. The standard InChI is InChI=1S/C6H7N3O/c1-7-6(10)5-3-4-9(2)8-5/h3-4H,1H2,2H3. The van der Waals surface area contributed by atoms with Crippen LogP contribution in [-0.2, 0) is 7.05 Å². The van der Waals surface area contributed by atoms with E-state index in [1.54, 1.807) is 24.0 Å². The van der Waals surface area contributed by atoms with Gasteiger partial charge in [0, 0.05) is 13.2 Å². The first kappa shape index (κ1) is 6.67. The first-order valence-electron chi connectivity index (χ1n) is 2.74. The van der Waals surface area contributed by atoms with Crippen molar-refractivity contribution < 1.29 is 4.79 Å². The van der Waals surface area contributed by atoms with E-state index in [-0.39, 0.29) is 5.91 Å². The molecule has 1 rings (SSSR count). The Morgan fingerprint density at radius 1 is 1.90 bits per heavy atom. The van der Waals surface area contributed by atoms with Gasteiger partial charge in [-0.2, -0.15) is 5.10 Å². The van der Waals surface area contributed by atoms with Crippen LogP contribution in [0.2, 0.25) is 0 Å². The van der Waals surface area contributed by atoms with Gasteiger partial charge < -0.3 is 0 Å². The summed E-state index contributed by atoms with van der Waals surface area (Å²) in [4.78, 5) is 13.9. The largest absolute Gasteiger partial charge is 0.296 e. The molecule has 0 unspecified atom stereocenters. The average molecular weight is 137 g/mol. The van der Waals surface area contributed by atoms with Gasteiger partial charge in [0.1, 0.15) is 0 Å². The Kier molecular flexibility index (Phi) is 1.62. The summed E-state index contributed by atoms with van der Waals surface area (Å²) in [5, 5.41) is 3.81. The highest BCUT2D eigenvalue weighted by Crippen LogP contribution is 1.94. The zero-order chi connectivity index (χ0) is 7.56. The average Bonchev–Trinajstić information content (AvgIpc) is 2.34. The fourth-order valence-electron chi connectivity index (χ4n) is 0.610. The lowest BCUT2D eigenvalue weighted by atomic mass is 10.4. The van der Waals surface area contributed by atoms with Crippen LogP contribution in [0.15, 0.2) is 17.3 Å². The third-order valence-corrected chi connectivity index (χ3v) is 1.08. The molecule has 0 aliphatic carbocycles. The summed E-state index contributed by atoms with van der Waals surface area (Å²) in [6, 6.07) is 1.59. The van der Waals surface area contributed by atoms with Gasteiger partial charge in [0.15, 0.2) is 5.69 Å². The molecule has 10 heavy (non-hydrogen) atoms. The molecule has 0 fully saturated rings. The summed E-state index contributed by atoms with van der Waals surface area (Å²) >= 11 is 0. The van der Waals surface area contributed by atoms with Crippen LogP contribution in [0.5, 0.6) is 0 Å². The van der Waals surface area contributed by atoms with Crippen molar-refractivity contribution in [2.45, 2.75) is 0 Å². The number of hydrogen-bond acceptors (Lipinski definition) is 2. The second-order valence-electron chi connectivity index (χ2n) is 1.84. The Balaban J connectivity index is 2.95. The monoisotopic (exact) mass is 137 g/mol. The van der Waals surface area contributed by atoms with E-state index in [0.717, 1.165) is 0 Å². The quantitative estimate of drug-likeness (QED) is 0.521. The maximum Gasteiger partial charge on any atom is 0.296 e. The van der Waals surface area contributed by atoms with Crippen molar-refractivity contribution in [1.82, 2.24) is 9.78 Å². The number of hydrogen-bond donors (Lipinski definition) is 0. The molecule has 0 saturated heterocycles. The van der Waals surface area contributed by atoms with Crippen molar-refractivity contribution in [1.29, 1.82) is 0 Å². The van der Waals surface area contributed by atoms with Crippen molar-refractivity contribution in [3.8, 4) is 0 Å².